The van der Waals surface area contributed by atoms with E-state index >= 15 is 0 Å². The lowest BCUT2D eigenvalue weighted by Gasteiger charge is -2.31. The summed E-state index contributed by atoms with van der Waals surface area (Å²) in [4.78, 5) is 2.52. The van der Waals surface area contributed by atoms with Gasteiger partial charge in [-0.1, -0.05) is 6.92 Å². The van der Waals surface area contributed by atoms with Crippen molar-refractivity contribution >= 4 is 17.3 Å². The van der Waals surface area contributed by atoms with Crippen LogP contribution >= 0.6 is 12.2 Å². The van der Waals surface area contributed by atoms with Crippen LogP contribution in [0.5, 0.6) is 0 Å². The summed E-state index contributed by atoms with van der Waals surface area (Å²) in [6.07, 6.45) is 2.59. The van der Waals surface area contributed by atoms with Gasteiger partial charge in [0, 0.05) is 12.6 Å². The third kappa shape index (κ3) is 5.12. The monoisotopic (exact) mass is 243 g/mol. The third-order valence-electron chi connectivity index (χ3n) is 3.13. The Morgan fingerprint density at radius 1 is 1.38 bits per heavy atom. The Kier molecular flexibility index (Phi) is 6.06. The van der Waals surface area contributed by atoms with E-state index in [0.717, 1.165) is 17.6 Å². The molecule has 1 heterocycles. The van der Waals surface area contributed by atoms with Gasteiger partial charge in [0.05, 0.1) is 0 Å². The number of nitrogens with zero attached hydrogens (tertiary/aromatic N) is 1. The highest BCUT2D eigenvalue weighted by Crippen LogP contribution is 2.15. The van der Waals surface area contributed by atoms with E-state index in [9.17, 15) is 0 Å². The topological polar surface area (TPSA) is 27.3 Å². The van der Waals surface area contributed by atoms with E-state index in [1.165, 1.54) is 32.5 Å². The molecule has 3 nitrogen and oxygen atoms in total. The lowest BCUT2D eigenvalue weighted by atomic mass is 9.97. The van der Waals surface area contributed by atoms with E-state index in [1.54, 1.807) is 0 Å². The van der Waals surface area contributed by atoms with E-state index in [4.69, 9.17) is 12.2 Å². The fraction of sp³-hybridized carbons (Fsp3) is 0.917. The average molecular weight is 243 g/mol. The van der Waals surface area contributed by atoms with Gasteiger partial charge in [0.25, 0.3) is 0 Å². The van der Waals surface area contributed by atoms with Gasteiger partial charge in [0.1, 0.15) is 0 Å². The molecule has 0 aliphatic carbocycles. The van der Waals surface area contributed by atoms with Crippen molar-refractivity contribution in [3.8, 4) is 0 Å². The Morgan fingerprint density at radius 2 is 2.00 bits per heavy atom. The zero-order valence-corrected chi connectivity index (χ0v) is 11.6. The summed E-state index contributed by atoms with van der Waals surface area (Å²) in [5.41, 5.74) is 0. The lowest BCUT2D eigenvalue weighted by molar-refractivity contribution is 0.193. The summed E-state index contributed by atoms with van der Waals surface area (Å²) in [5, 5.41) is 7.33. The molecule has 0 unspecified atom stereocenters. The van der Waals surface area contributed by atoms with E-state index in [-0.39, 0.29) is 0 Å². The third-order valence-corrected chi connectivity index (χ3v) is 3.39. The minimum absolute atomic E-state index is 0.418. The number of hydrogen-bond donors (Lipinski definition) is 2. The van der Waals surface area contributed by atoms with Gasteiger partial charge in [0.2, 0.25) is 0 Å². The number of hydrogen-bond acceptors (Lipinski definition) is 2. The van der Waals surface area contributed by atoms with Crippen molar-refractivity contribution in [2.24, 2.45) is 5.92 Å². The predicted octanol–water partition coefficient (Wildman–Crippen LogP) is 1.59. The van der Waals surface area contributed by atoms with Crippen LogP contribution in [0.15, 0.2) is 0 Å². The van der Waals surface area contributed by atoms with Gasteiger partial charge in [-0.15, -0.1) is 0 Å². The maximum Gasteiger partial charge on any atom is 0.166 e. The Balaban J connectivity index is 2.12. The Bertz CT molecular complexity index is 210. The highest BCUT2D eigenvalue weighted by atomic mass is 32.1. The van der Waals surface area contributed by atoms with Crippen LogP contribution in [0.4, 0.5) is 0 Å². The van der Waals surface area contributed by atoms with E-state index in [2.05, 4.69) is 36.3 Å². The quantitative estimate of drug-likeness (QED) is 0.733. The van der Waals surface area contributed by atoms with Crippen molar-refractivity contribution in [3.05, 3.63) is 0 Å². The van der Waals surface area contributed by atoms with E-state index in [1.807, 2.05) is 0 Å². The predicted molar refractivity (Wildman–Crippen MR) is 73.7 cm³/mol. The summed E-state index contributed by atoms with van der Waals surface area (Å²) < 4.78 is 0. The molecule has 0 aromatic carbocycles. The first-order chi connectivity index (χ1) is 7.61. The molecule has 0 aromatic rings. The van der Waals surface area contributed by atoms with Crippen LogP contribution in [-0.2, 0) is 0 Å². The van der Waals surface area contributed by atoms with Crippen molar-refractivity contribution in [3.63, 3.8) is 0 Å². The minimum Gasteiger partial charge on any atom is -0.362 e. The molecule has 0 bridgehead atoms. The van der Waals surface area contributed by atoms with E-state index in [0.29, 0.717) is 6.04 Å². The summed E-state index contributed by atoms with van der Waals surface area (Å²) in [6, 6.07) is 0.418. The molecule has 0 amide bonds. The summed E-state index contributed by atoms with van der Waals surface area (Å²) in [5.74, 6) is 0.787. The van der Waals surface area contributed by atoms with Crippen molar-refractivity contribution in [2.45, 2.75) is 39.7 Å². The highest BCUT2D eigenvalue weighted by molar-refractivity contribution is 7.80. The van der Waals surface area contributed by atoms with Crippen molar-refractivity contribution < 1.29 is 0 Å². The second-order valence-electron chi connectivity index (χ2n) is 4.89. The zero-order valence-electron chi connectivity index (χ0n) is 10.8. The molecule has 1 aliphatic rings. The molecule has 0 radical (unpaired) electrons. The summed E-state index contributed by atoms with van der Waals surface area (Å²) >= 11 is 5.21. The van der Waals surface area contributed by atoms with Gasteiger partial charge in [0.15, 0.2) is 5.11 Å². The largest absolute Gasteiger partial charge is 0.362 e. The molecule has 94 valence electrons. The molecule has 1 aliphatic heterocycles. The van der Waals surface area contributed by atoms with Gasteiger partial charge < -0.3 is 15.5 Å². The van der Waals surface area contributed by atoms with E-state index < -0.39 is 0 Å². The van der Waals surface area contributed by atoms with Crippen LogP contribution in [0.3, 0.4) is 0 Å². The van der Waals surface area contributed by atoms with Crippen LogP contribution in [0, 0.1) is 5.92 Å². The van der Waals surface area contributed by atoms with Gasteiger partial charge in [-0.25, -0.2) is 0 Å². The van der Waals surface area contributed by atoms with Crippen molar-refractivity contribution in [2.75, 3.05) is 26.2 Å². The molecular formula is C12H25N3S. The summed E-state index contributed by atoms with van der Waals surface area (Å²) in [7, 11) is 0. The molecule has 4 heteroatoms. The number of rotatable bonds is 4. The number of nitrogens with one attached hydrogen (secondary N) is 2. The van der Waals surface area contributed by atoms with Crippen molar-refractivity contribution in [1.82, 2.24) is 15.5 Å². The molecule has 1 saturated heterocycles. The van der Waals surface area contributed by atoms with Crippen molar-refractivity contribution in [1.29, 1.82) is 0 Å². The molecular weight excluding hydrogens is 218 g/mol. The minimum atomic E-state index is 0.418. The molecule has 16 heavy (non-hydrogen) atoms. The molecule has 0 spiro atoms. The first-order valence-electron chi connectivity index (χ1n) is 6.38. The normalized spacial score (nSPS) is 18.8. The second-order valence-corrected chi connectivity index (χ2v) is 5.29. The second kappa shape index (κ2) is 7.07. The van der Waals surface area contributed by atoms with Crippen LogP contribution in [0.2, 0.25) is 0 Å². The standard InChI is InChI=1S/C12H25N3S/c1-4-15-7-5-11(6-8-15)9-13-12(16)14-10(2)3/h10-11H,4-9H2,1-3H3,(H2,13,14,16). The maximum absolute atomic E-state index is 5.21. The maximum atomic E-state index is 5.21. The molecule has 1 fully saturated rings. The van der Waals surface area contributed by atoms with Crippen LogP contribution in [0.1, 0.15) is 33.6 Å². The molecule has 0 aromatic heterocycles. The molecule has 0 saturated carbocycles. The Morgan fingerprint density at radius 3 is 2.50 bits per heavy atom. The smallest absolute Gasteiger partial charge is 0.166 e. The van der Waals surface area contributed by atoms with Gasteiger partial charge in [-0.3, -0.25) is 0 Å². The van der Waals surface area contributed by atoms with Crippen LogP contribution < -0.4 is 10.6 Å². The first kappa shape index (κ1) is 13.7. The molecule has 1 rings (SSSR count). The number of thiocarbonyl (C=S) groups is 1. The Labute approximate surface area is 105 Å². The summed E-state index contributed by atoms with van der Waals surface area (Å²) in [6.45, 7) is 11.1. The molecule has 0 atom stereocenters. The fourth-order valence-electron chi connectivity index (χ4n) is 2.06. The van der Waals surface area contributed by atoms with Crippen LogP contribution in [0.25, 0.3) is 0 Å². The SMILES string of the molecule is CCN1CCC(CNC(=S)NC(C)C)CC1. The average Bonchev–Trinajstić information content (AvgIpc) is 2.26. The first-order valence-corrected chi connectivity index (χ1v) is 6.79. The number of piperidine rings is 1. The number of likely N-dealkylation sites (tertiary alicyclic amines) is 1. The van der Waals surface area contributed by atoms with Gasteiger partial charge >= 0.3 is 0 Å². The fourth-order valence-corrected chi connectivity index (χ4v) is 2.38. The highest BCUT2D eigenvalue weighted by Gasteiger charge is 2.17. The zero-order chi connectivity index (χ0) is 12.0. The molecule has 2 N–H and O–H groups in total. The van der Waals surface area contributed by atoms with Crippen LogP contribution in [-0.4, -0.2) is 42.2 Å². The lowest BCUT2D eigenvalue weighted by Crippen LogP contribution is -2.43. The van der Waals surface area contributed by atoms with Gasteiger partial charge in [-0.05, 0) is 64.5 Å². The Hall–Kier alpha value is -0.350. The van der Waals surface area contributed by atoms with Gasteiger partial charge in [-0.2, -0.15) is 0 Å².